The second kappa shape index (κ2) is 8.64. The molecule has 0 radical (unpaired) electrons. The number of rotatable bonds is 7. The van der Waals surface area contributed by atoms with Crippen LogP contribution < -0.4 is 10.6 Å². The van der Waals surface area contributed by atoms with Crippen molar-refractivity contribution in [3.63, 3.8) is 0 Å². The molecule has 0 bridgehead atoms. The van der Waals surface area contributed by atoms with E-state index in [1.54, 1.807) is 6.92 Å². The Morgan fingerprint density at radius 3 is 2.62 bits per heavy atom. The molecule has 16 heavy (non-hydrogen) atoms. The number of nitrogens with one attached hydrogen (secondary N) is 3. The van der Waals surface area contributed by atoms with E-state index >= 15 is 0 Å². The van der Waals surface area contributed by atoms with E-state index in [2.05, 4.69) is 10.6 Å². The summed E-state index contributed by atoms with van der Waals surface area (Å²) >= 11 is 0. The monoisotopic (exact) mass is 227 g/mol. The maximum absolute atomic E-state index is 12.1. The summed E-state index contributed by atoms with van der Waals surface area (Å²) in [7, 11) is 0. The van der Waals surface area contributed by atoms with Crippen molar-refractivity contribution in [1.29, 1.82) is 5.41 Å². The zero-order valence-corrected chi connectivity index (χ0v) is 9.64. The lowest BCUT2D eigenvalue weighted by molar-refractivity contribution is -0.114. The number of halogens is 1. The van der Waals surface area contributed by atoms with Crippen LogP contribution in [0, 0.1) is 5.41 Å². The van der Waals surface area contributed by atoms with Crippen LogP contribution in [0.3, 0.4) is 0 Å². The zero-order valence-electron chi connectivity index (χ0n) is 9.64. The van der Waals surface area contributed by atoms with E-state index in [-0.39, 0.29) is 5.71 Å². The van der Waals surface area contributed by atoms with Crippen LogP contribution in [0.1, 0.15) is 20.3 Å². The Kier molecular flexibility index (Phi) is 7.75. The lowest BCUT2D eigenvalue weighted by Crippen LogP contribution is -2.29. The molecule has 0 aliphatic rings. The van der Waals surface area contributed by atoms with Crippen molar-refractivity contribution in [2.45, 2.75) is 20.3 Å². The van der Waals surface area contributed by atoms with Gasteiger partial charge in [-0.1, -0.05) is 6.92 Å². The number of amides is 1. The lowest BCUT2D eigenvalue weighted by Gasteiger charge is -2.02. The summed E-state index contributed by atoms with van der Waals surface area (Å²) in [5.41, 5.74) is 0.505. The highest BCUT2D eigenvalue weighted by Crippen LogP contribution is 1.97. The zero-order chi connectivity index (χ0) is 12.4. The van der Waals surface area contributed by atoms with Crippen molar-refractivity contribution in [3.8, 4) is 0 Å². The van der Waals surface area contributed by atoms with Crippen LogP contribution in [0.25, 0.3) is 0 Å². The number of hydrogen-bond donors (Lipinski definition) is 3. The molecule has 0 saturated carbocycles. The van der Waals surface area contributed by atoms with Crippen LogP contribution in [0.2, 0.25) is 0 Å². The highest BCUT2D eigenvalue weighted by molar-refractivity contribution is 6.41. The fraction of sp³-hybridized carbons (Fsp3) is 0.455. The third-order valence-electron chi connectivity index (χ3n) is 1.89. The second-order valence-corrected chi connectivity index (χ2v) is 3.11. The molecule has 0 atom stereocenters. The van der Waals surface area contributed by atoms with Crippen LogP contribution in [0.15, 0.2) is 24.2 Å². The van der Waals surface area contributed by atoms with Crippen LogP contribution in [-0.2, 0) is 4.79 Å². The average molecular weight is 227 g/mol. The molecule has 0 aromatic rings. The molecule has 5 heteroatoms. The van der Waals surface area contributed by atoms with Gasteiger partial charge in [-0.05, 0) is 31.2 Å². The molecular weight excluding hydrogens is 209 g/mol. The molecule has 0 spiro atoms. The first-order valence-electron chi connectivity index (χ1n) is 5.20. The van der Waals surface area contributed by atoms with Crippen molar-refractivity contribution < 1.29 is 9.18 Å². The topological polar surface area (TPSA) is 65.0 Å². The van der Waals surface area contributed by atoms with Crippen molar-refractivity contribution in [3.05, 3.63) is 24.2 Å². The Morgan fingerprint density at radius 1 is 1.44 bits per heavy atom. The van der Waals surface area contributed by atoms with E-state index in [9.17, 15) is 9.18 Å². The molecule has 4 nitrogen and oxygen atoms in total. The van der Waals surface area contributed by atoms with Gasteiger partial charge in [-0.25, -0.2) is 4.39 Å². The van der Waals surface area contributed by atoms with Crippen LogP contribution >= 0.6 is 0 Å². The van der Waals surface area contributed by atoms with Gasteiger partial charge in [0.15, 0.2) is 0 Å². The van der Waals surface area contributed by atoms with Gasteiger partial charge in [0.1, 0.15) is 5.71 Å². The number of carbonyl (C=O) groups excluding carboxylic acids is 1. The minimum Gasteiger partial charge on any atom is -0.387 e. The Bertz CT molecular complexity index is 298. The third kappa shape index (κ3) is 5.95. The summed E-state index contributed by atoms with van der Waals surface area (Å²) in [5, 5.41) is 12.7. The standard InChI is InChI=1S/C11H18FN3O/c1-3-9(7-12)8-14-6-5-10(13)11(16)15-4-2/h5-7,13-14H,3-4,8H2,1-2H3,(H,15,16)/b6-5-,9-7+,13-10?. The maximum Gasteiger partial charge on any atom is 0.269 e. The fourth-order valence-electron chi connectivity index (χ4n) is 0.904. The lowest BCUT2D eigenvalue weighted by atomic mass is 10.2. The minimum atomic E-state index is -0.419. The van der Waals surface area contributed by atoms with E-state index in [4.69, 9.17) is 5.41 Å². The first kappa shape index (κ1) is 14.3. The molecule has 0 aromatic carbocycles. The van der Waals surface area contributed by atoms with Crippen LogP contribution in [0.5, 0.6) is 0 Å². The van der Waals surface area contributed by atoms with E-state index in [0.717, 1.165) is 0 Å². The summed E-state index contributed by atoms with van der Waals surface area (Å²) in [6.45, 7) is 4.51. The van der Waals surface area contributed by atoms with E-state index in [0.29, 0.717) is 31.4 Å². The van der Waals surface area contributed by atoms with Gasteiger partial charge in [0.2, 0.25) is 0 Å². The van der Waals surface area contributed by atoms with Crippen molar-refractivity contribution in [1.82, 2.24) is 10.6 Å². The van der Waals surface area contributed by atoms with Gasteiger partial charge in [0.05, 0.1) is 6.33 Å². The van der Waals surface area contributed by atoms with Gasteiger partial charge < -0.3 is 10.6 Å². The Labute approximate surface area is 95.1 Å². The Balaban J connectivity index is 3.93. The molecule has 90 valence electrons. The number of hydrogen-bond acceptors (Lipinski definition) is 3. The van der Waals surface area contributed by atoms with Crippen molar-refractivity contribution >= 4 is 11.6 Å². The smallest absolute Gasteiger partial charge is 0.269 e. The first-order chi connectivity index (χ1) is 7.65. The molecule has 0 aliphatic carbocycles. The average Bonchev–Trinajstić information content (AvgIpc) is 2.29. The Morgan fingerprint density at radius 2 is 2.12 bits per heavy atom. The summed E-state index contributed by atoms with van der Waals surface area (Å²) in [4.78, 5) is 11.1. The van der Waals surface area contributed by atoms with Crippen molar-refractivity contribution in [2.24, 2.45) is 0 Å². The predicted octanol–water partition coefficient (Wildman–Crippen LogP) is 1.51. The minimum absolute atomic E-state index is 0.128. The first-order valence-corrected chi connectivity index (χ1v) is 5.20. The van der Waals surface area contributed by atoms with Gasteiger partial charge in [-0.15, -0.1) is 0 Å². The molecule has 0 rings (SSSR count). The van der Waals surface area contributed by atoms with E-state index in [1.807, 2.05) is 6.92 Å². The highest BCUT2D eigenvalue weighted by atomic mass is 19.1. The van der Waals surface area contributed by atoms with Crippen molar-refractivity contribution in [2.75, 3.05) is 13.1 Å². The van der Waals surface area contributed by atoms with Gasteiger partial charge in [0.25, 0.3) is 5.91 Å². The molecule has 0 heterocycles. The number of carbonyl (C=O) groups is 1. The molecule has 0 unspecified atom stereocenters. The van der Waals surface area contributed by atoms with E-state index in [1.165, 1.54) is 12.3 Å². The highest BCUT2D eigenvalue weighted by Gasteiger charge is 2.02. The van der Waals surface area contributed by atoms with Gasteiger partial charge in [-0.3, -0.25) is 10.2 Å². The third-order valence-corrected chi connectivity index (χ3v) is 1.89. The summed E-state index contributed by atoms with van der Waals surface area (Å²) in [6, 6.07) is 0. The summed E-state index contributed by atoms with van der Waals surface area (Å²) in [5.74, 6) is -0.419. The maximum atomic E-state index is 12.1. The van der Waals surface area contributed by atoms with Gasteiger partial charge in [0, 0.05) is 13.1 Å². The molecule has 0 aliphatic heterocycles. The molecule has 0 fully saturated rings. The Hall–Kier alpha value is -1.65. The van der Waals surface area contributed by atoms with Gasteiger partial charge in [-0.2, -0.15) is 0 Å². The quantitative estimate of drug-likeness (QED) is 0.577. The predicted molar refractivity (Wildman–Crippen MR) is 63.0 cm³/mol. The SMILES string of the molecule is CCNC(=O)C(=N)/C=C\NC/C(=C/F)CC. The summed E-state index contributed by atoms with van der Waals surface area (Å²) in [6.07, 6.45) is 4.01. The normalized spacial score (nSPS) is 11.6. The molecule has 1 amide bonds. The molecule has 3 N–H and O–H groups in total. The fourth-order valence-corrected chi connectivity index (χ4v) is 0.904. The largest absolute Gasteiger partial charge is 0.387 e. The van der Waals surface area contributed by atoms with Crippen LogP contribution in [-0.4, -0.2) is 24.7 Å². The van der Waals surface area contributed by atoms with Gasteiger partial charge >= 0.3 is 0 Å². The molecule has 0 aromatic heterocycles. The van der Waals surface area contributed by atoms with Crippen LogP contribution in [0.4, 0.5) is 4.39 Å². The van der Waals surface area contributed by atoms with E-state index < -0.39 is 5.91 Å². The molecular formula is C11H18FN3O. The summed E-state index contributed by atoms with van der Waals surface area (Å²) < 4.78 is 12.1. The second-order valence-electron chi connectivity index (χ2n) is 3.11. The molecule has 0 saturated heterocycles.